The number of nitrogens with one attached hydrogen (secondary N) is 1. The van der Waals surface area contributed by atoms with E-state index in [1.807, 2.05) is 30.6 Å². The van der Waals surface area contributed by atoms with Crippen LogP contribution in [0.5, 0.6) is 0 Å². The minimum atomic E-state index is 0.250. The van der Waals surface area contributed by atoms with Gasteiger partial charge >= 0.3 is 0 Å². The van der Waals surface area contributed by atoms with Gasteiger partial charge in [0, 0.05) is 39.7 Å². The highest BCUT2D eigenvalue weighted by molar-refractivity contribution is 7.99. The van der Waals surface area contributed by atoms with Crippen LogP contribution in [-0.4, -0.2) is 22.3 Å². The summed E-state index contributed by atoms with van der Waals surface area (Å²) in [4.78, 5) is 9.38. The normalized spacial score (nSPS) is 12.3. The molecule has 1 N–H and O–H groups in total. The van der Waals surface area contributed by atoms with Crippen LogP contribution in [0.1, 0.15) is 24.9 Å². The summed E-state index contributed by atoms with van der Waals surface area (Å²) in [5.74, 6) is 0.924. The topological polar surface area (TPSA) is 37.8 Å². The molecule has 20 heavy (non-hydrogen) atoms. The standard InChI is InChI=1S/C15H18ClN3S/c1-2-6-19-15(12-8-17-11-18-9-12)10-20-14-5-3-4-13(16)7-14/h3-5,7-9,11,15,19H,2,6,10H2,1H3. The van der Waals surface area contributed by atoms with Gasteiger partial charge in [-0.2, -0.15) is 0 Å². The quantitative estimate of drug-likeness (QED) is 0.786. The van der Waals surface area contributed by atoms with Gasteiger partial charge in [-0.05, 0) is 31.2 Å². The third kappa shape index (κ3) is 4.78. The van der Waals surface area contributed by atoms with Crippen LogP contribution in [-0.2, 0) is 0 Å². The van der Waals surface area contributed by atoms with E-state index in [0.29, 0.717) is 0 Å². The summed E-state index contributed by atoms with van der Waals surface area (Å²) >= 11 is 7.80. The molecule has 0 spiro atoms. The first-order valence-electron chi connectivity index (χ1n) is 6.66. The van der Waals surface area contributed by atoms with Gasteiger partial charge in [0.25, 0.3) is 0 Å². The summed E-state index contributed by atoms with van der Waals surface area (Å²) in [7, 11) is 0. The van der Waals surface area contributed by atoms with Gasteiger partial charge in [0.2, 0.25) is 0 Å². The number of rotatable bonds is 7. The van der Waals surface area contributed by atoms with Crippen LogP contribution >= 0.6 is 23.4 Å². The Hall–Kier alpha value is -1.10. The molecule has 3 nitrogen and oxygen atoms in total. The van der Waals surface area contributed by atoms with E-state index < -0.39 is 0 Å². The average Bonchev–Trinajstić information content (AvgIpc) is 2.48. The summed E-state index contributed by atoms with van der Waals surface area (Å²) in [6, 6.07) is 8.19. The van der Waals surface area contributed by atoms with Crippen LogP contribution in [0.4, 0.5) is 0 Å². The van der Waals surface area contributed by atoms with Gasteiger partial charge in [0.05, 0.1) is 0 Å². The Balaban J connectivity index is 2.01. The number of benzene rings is 1. The van der Waals surface area contributed by atoms with Crippen molar-refractivity contribution < 1.29 is 0 Å². The van der Waals surface area contributed by atoms with E-state index in [9.17, 15) is 0 Å². The molecule has 1 aromatic heterocycles. The summed E-state index contributed by atoms with van der Waals surface area (Å²) in [6.45, 7) is 3.14. The molecule has 2 aromatic rings. The maximum absolute atomic E-state index is 6.01. The first kappa shape index (κ1) is 15.3. The predicted molar refractivity (Wildman–Crippen MR) is 85.2 cm³/mol. The molecule has 0 saturated heterocycles. The van der Waals surface area contributed by atoms with Crippen molar-refractivity contribution in [3.63, 3.8) is 0 Å². The number of nitrogens with zero attached hydrogens (tertiary/aromatic N) is 2. The third-order valence-corrected chi connectivity index (χ3v) is 4.16. The molecule has 1 unspecified atom stereocenters. The van der Waals surface area contributed by atoms with Crippen molar-refractivity contribution in [2.45, 2.75) is 24.3 Å². The lowest BCUT2D eigenvalue weighted by Crippen LogP contribution is -2.24. The number of halogens is 1. The van der Waals surface area contributed by atoms with E-state index in [2.05, 4.69) is 28.3 Å². The largest absolute Gasteiger partial charge is 0.309 e. The van der Waals surface area contributed by atoms with E-state index in [-0.39, 0.29) is 6.04 Å². The zero-order valence-corrected chi connectivity index (χ0v) is 13.0. The fraction of sp³-hybridized carbons (Fsp3) is 0.333. The molecular weight excluding hydrogens is 290 g/mol. The Morgan fingerprint density at radius 1 is 1.30 bits per heavy atom. The van der Waals surface area contributed by atoms with Crippen LogP contribution in [0.25, 0.3) is 0 Å². The molecule has 0 aliphatic carbocycles. The van der Waals surface area contributed by atoms with Crippen molar-refractivity contribution in [3.05, 3.63) is 53.6 Å². The molecule has 0 radical (unpaired) electrons. The van der Waals surface area contributed by atoms with E-state index in [1.165, 1.54) is 4.90 Å². The molecule has 1 atom stereocenters. The second-order valence-corrected chi connectivity index (χ2v) is 5.98. The molecule has 1 aromatic carbocycles. The van der Waals surface area contributed by atoms with Crippen molar-refractivity contribution in [1.29, 1.82) is 0 Å². The zero-order valence-electron chi connectivity index (χ0n) is 11.4. The second kappa shape index (κ2) is 8.25. The second-order valence-electron chi connectivity index (χ2n) is 4.45. The Kier molecular flexibility index (Phi) is 6.30. The molecule has 0 aliphatic heterocycles. The van der Waals surface area contributed by atoms with Gasteiger partial charge in [-0.3, -0.25) is 0 Å². The molecule has 0 aliphatic rings. The fourth-order valence-corrected chi connectivity index (χ4v) is 3.13. The number of hydrogen-bond donors (Lipinski definition) is 1. The van der Waals surface area contributed by atoms with Gasteiger partial charge in [-0.15, -0.1) is 11.8 Å². The lowest BCUT2D eigenvalue weighted by Gasteiger charge is -2.18. The van der Waals surface area contributed by atoms with Crippen LogP contribution in [0.2, 0.25) is 5.02 Å². The summed E-state index contributed by atoms with van der Waals surface area (Å²) < 4.78 is 0. The van der Waals surface area contributed by atoms with E-state index in [1.54, 1.807) is 18.1 Å². The van der Waals surface area contributed by atoms with Crippen molar-refractivity contribution in [3.8, 4) is 0 Å². The molecule has 0 bridgehead atoms. The molecular formula is C15H18ClN3S. The average molecular weight is 308 g/mol. The van der Waals surface area contributed by atoms with Crippen molar-refractivity contribution >= 4 is 23.4 Å². The summed E-state index contributed by atoms with van der Waals surface area (Å²) in [5, 5.41) is 4.31. The van der Waals surface area contributed by atoms with Crippen molar-refractivity contribution in [1.82, 2.24) is 15.3 Å². The molecule has 2 rings (SSSR count). The number of hydrogen-bond acceptors (Lipinski definition) is 4. The van der Waals surface area contributed by atoms with Crippen LogP contribution in [0.3, 0.4) is 0 Å². The third-order valence-electron chi connectivity index (χ3n) is 2.84. The van der Waals surface area contributed by atoms with Gasteiger partial charge in [0.15, 0.2) is 0 Å². The Bertz CT molecular complexity index is 522. The Morgan fingerprint density at radius 3 is 2.80 bits per heavy atom. The first-order valence-corrected chi connectivity index (χ1v) is 8.02. The zero-order chi connectivity index (χ0) is 14.2. The highest BCUT2D eigenvalue weighted by Crippen LogP contribution is 2.26. The SMILES string of the molecule is CCCNC(CSc1cccc(Cl)c1)c1cncnc1. The summed E-state index contributed by atoms with van der Waals surface area (Å²) in [6.07, 6.45) is 6.41. The van der Waals surface area contributed by atoms with E-state index in [0.717, 1.165) is 29.3 Å². The first-order chi connectivity index (χ1) is 9.79. The van der Waals surface area contributed by atoms with Gasteiger partial charge in [-0.25, -0.2) is 9.97 Å². The maximum Gasteiger partial charge on any atom is 0.115 e. The molecule has 0 amide bonds. The highest BCUT2D eigenvalue weighted by Gasteiger charge is 2.11. The lowest BCUT2D eigenvalue weighted by molar-refractivity contribution is 0.574. The molecule has 0 saturated carbocycles. The molecule has 5 heteroatoms. The van der Waals surface area contributed by atoms with Gasteiger partial charge in [0.1, 0.15) is 6.33 Å². The minimum Gasteiger partial charge on any atom is -0.309 e. The van der Waals surface area contributed by atoms with E-state index in [4.69, 9.17) is 11.6 Å². The monoisotopic (exact) mass is 307 g/mol. The van der Waals surface area contributed by atoms with Gasteiger partial charge in [-0.1, -0.05) is 24.6 Å². The number of thioether (sulfide) groups is 1. The van der Waals surface area contributed by atoms with Gasteiger partial charge < -0.3 is 5.32 Å². The minimum absolute atomic E-state index is 0.250. The van der Waals surface area contributed by atoms with Crippen LogP contribution < -0.4 is 5.32 Å². The van der Waals surface area contributed by atoms with Crippen molar-refractivity contribution in [2.24, 2.45) is 0 Å². The number of aromatic nitrogens is 2. The van der Waals surface area contributed by atoms with Crippen molar-refractivity contribution in [2.75, 3.05) is 12.3 Å². The van der Waals surface area contributed by atoms with E-state index >= 15 is 0 Å². The Labute approximate surface area is 129 Å². The summed E-state index contributed by atoms with van der Waals surface area (Å²) in [5.41, 5.74) is 1.12. The molecule has 106 valence electrons. The van der Waals surface area contributed by atoms with Crippen LogP contribution in [0, 0.1) is 0 Å². The predicted octanol–water partition coefficient (Wildman–Crippen LogP) is 3.96. The maximum atomic E-state index is 6.01. The fourth-order valence-electron chi connectivity index (χ4n) is 1.82. The smallest absolute Gasteiger partial charge is 0.115 e. The Morgan fingerprint density at radius 2 is 2.10 bits per heavy atom. The van der Waals surface area contributed by atoms with Crippen LogP contribution in [0.15, 0.2) is 47.9 Å². The molecule has 0 fully saturated rings. The molecule has 1 heterocycles. The lowest BCUT2D eigenvalue weighted by atomic mass is 10.2. The highest BCUT2D eigenvalue weighted by atomic mass is 35.5.